The Labute approximate surface area is 115 Å². The molecule has 0 radical (unpaired) electrons. The van der Waals surface area contributed by atoms with Crippen molar-refractivity contribution in [3.8, 4) is 12.1 Å². The summed E-state index contributed by atoms with van der Waals surface area (Å²) in [6, 6.07) is 3.85. The highest BCUT2D eigenvalue weighted by Crippen LogP contribution is 2.33. The molecule has 0 saturated carbocycles. The maximum Gasteiger partial charge on any atom is 0.205 e. The van der Waals surface area contributed by atoms with E-state index in [2.05, 4.69) is 0 Å². The fraction of sp³-hybridized carbons (Fsp3) is 0.308. The predicted octanol–water partition coefficient (Wildman–Crippen LogP) is 1.51. The van der Waals surface area contributed by atoms with Gasteiger partial charge in [0.2, 0.25) is 5.78 Å². The molecule has 96 valence electrons. The Morgan fingerprint density at radius 2 is 2.00 bits per heavy atom. The minimum Gasteiger partial charge on any atom is -0.397 e. The van der Waals surface area contributed by atoms with Gasteiger partial charge in [0.25, 0.3) is 0 Å². The van der Waals surface area contributed by atoms with Gasteiger partial charge in [-0.05, 0) is 36.5 Å². The van der Waals surface area contributed by atoms with Gasteiger partial charge in [0.15, 0.2) is 0 Å². The summed E-state index contributed by atoms with van der Waals surface area (Å²) in [5, 5.41) is 18.2. The van der Waals surface area contributed by atoms with E-state index in [1.54, 1.807) is 6.92 Å². The third-order valence-corrected chi connectivity index (χ3v) is 3.92. The Morgan fingerprint density at radius 1 is 1.32 bits per heavy atom. The molecule has 1 aliphatic heterocycles. The number of nitriles is 2. The molecule has 0 aromatic rings. The summed E-state index contributed by atoms with van der Waals surface area (Å²) in [7, 11) is 0. The Hall–Kier alpha value is -2.02. The maximum absolute atomic E-state index is 12.3. The van der Waals surface area contributed by atoms with Gasteiger partial charge < -0.3 is 9.92 Å². The van der Waals surface area contributed by atoms with Crippen molar-refractivity contribution in [3.05, 3.63) is 33.6 Å². The molecule has 0 aromatic carbocycles. The zero-order valence-electron chi connectivity index (χ0n) is 10.3. The van der Waals surface area contributed by atoms with E-state index in [4.69, 9.17) is 20.4 Å². The predicted molar refractivity (Wildman–Crippen MR) is 70.2 cm³/mol. The molecule has 0 atom stereocenters. The van der Waals surface area contributed by atoms with Gasteiger partial charge in [-0.2, -0.15) is 10.5 Å². The second-order valence-corrected chi connectivity index (χ2v) is 4.91. The van der Waals surface area contributed by atoms with E-state index in [1.165, 1.54) is 12.0 Å². The molecule has 19 heavy (non-hydrogen) atoms. The SMILES string of the molecule is CC1=C(C#N)C(=O)/C(=C2/CCOSC2)C(N)=C1C#N. The van der Waals surface area contributed by atoms with Gasteiger partial charge in [-0.15, -0.1) is 0 Å². The van der Waals surface area contributed by atoms with Crippen molar-refractivity contribution < 1.29 is 8.98 Å². The first kappa shape index (κ1) is 13.4. The van der Waals surface area contributed by atoms with Gasteiger partial charge in [0, 0.05) is 11.3 Å². The van der Waals surface area contributed by atoms with Crippen molar-refractivity contribution in [2.45, 2.75) is 13.3 Å². The number of allylic oxidation sites excluding steroid dienone is 4. The monoisotopic (exact) mass is 273 g/mol. The average Bonchev–Trinajstić information content (AvgIpc) is 2.41. The maximum atomic E-state index is 12.3. The van der Waals surface area contributed by atoms with Crippen LogP contribution >= 0.6 is 12.0 Å². The lowest BCUT2D eigenvalue weighted by molar-refractivity contribution is -0.111. The van der Waals surface area contributed by atoms with Gasteiger partial charge >= 0.3 is 0 Å². The van der Waals surface area contributed by atoms with Gasteiger partial charge in [0.1, 0.15) is 17.7 Å². The minimum absolute atomic E-state index is 0.00439. The molecule has 2 aliphatic rings. The summed E-state index contributed by atoms with van der Waals surface area (Å²) in [5.41, 5.74) is 7.86. The van der Waals surface area contributed by atoms with Crippen molar-refractivity contribution in [1.82, 2.24) is 0 Å². The number of nitrogens with two attached hydrogens (primary N) is 1. The van der Waals surface area contributed by atoms with Crippen molar-refractivity contribution in [2.75, 3.05) is 12.4 Å². The van der Waals surface area contributed by atoms with Gasteiger partial charge in [-0.25, -0.2) is 0 Å². The van der Waals surface area contributed by atoms with E-state index in [0.29, 0.717) is 29.9 Å². The van der Waals surface area contributed by atoms with E-state index in [0.717, 1.165) is 5.57 Å². The number of ketones is 1. The highest BCUT2D eigenvalue weighted by Gasteiger charge is 2.31. The number of carbonyl (C=O) groups is 1. The number of rotatable bonds is 0. The lowest BCUT2D eigenvalue weighted by Gasteiger charge is -2.22. The quantitative estimate of drug-likeness (QED) is 0.530. The highest BCUT2D eigenvalue weighted by molar-refractivity contribution is 7.94. The third-order valence-electron chi connectivity index (χ3n) is 3.12. The highest BCUT2D eigenvalue weighted by atomic mass is 32.2. The third kappa shape index (κ3) is 2.17. The number of carbonyl (C=O) groups excluding carboxylic acids is 1. The molecule has 1 fully saturated rings. The van der Waals surface area contributed by atoms with Gasteiger partial charge in [0.05, 0.1) is 17.9 Å². The number of hydrogen-bond donors (Lipinski definition) is 1. The molecule has 0 spiro atoms. The van der Waals surface area contributed by atoms with E-state index < -0.39 is 0 Å². The molecule has 2 rings (SSSR count). The molecule has 6 heteroatoms. The van der Waals surface area contributed by atoms with Crippen molar-refractivity contribution in [3.63, 3.8) is 0 Å². The van der Waals surface area contributed by atoms with Crippen LogP contribution in [0.1, 0.15) is 13.3 Å². The van der Waals surface area contributed by atoms with Crippen LogP contribution in [0.4, 0.5) is 0 Å². The molecule has 1 aliphatic carbocycles. The summed E-state index contributed by atoms with van der Waals surface area (Å²) in [5.74, 6) is 0.145. The first-order valence-corrected chi connectivity index (χ1v) is 6.55. The van der Waals surface area contributed by atoms with Gasteiger partial charge in [-0.3, -0.25) is 4.79 Å². The van der Waals surface area contributed by atoms with E-state index in [1.807, 2.05) is 12.1 Å². The van der Waals surface area contributed by atoms with Crippen LogP contribution in [0.5, 0.6) is 0 Å². The molecule has 0 bridgehead atoms. The van der Waals surface area contributed by atoms with Crippen LogP contribution < -0.4 is 5.73 Å². The van der Waals surface area contributed by atoms with Crippen LogP contribution in [0.2, 0.25) is 0 Å². The zero-order chi connectivity index (χ0) is 14.0. The summed E-state index contributed by atoms with van der Waals surface area (Å²) in [6.07, 6.45) is 0.589. The smallest absolute Gasteiger partial charge is 0.205 e. The second kappa shape index (κ2) is 5.31. The van der Waals surface area contributed by atoms with Crippen LogP contribution in [0.3, 0.4) is 0 Å². The summed E-state index contributed by atoms with van der Waals surface area (Å²) in [6.45, 7) is 2.07. The van der Waals surface area contributed by atoms with Crippen LogP contribution in [0.15, 0.2) is 33.6 Å². The number of nitrogens with zero attached hydrogens (tertiary/aromatic N) is 2. The molecule has 5 nitrogen and oxygen atoms in total. The van der Waals surface area contributed by atoms with Gasteiger partial charge in [-0.1, -0.05) is 0 Å². The molecule has 1 heterocycles. The second-order valence-electron chi connectivity index (χ2n) is 4.15. The van der Waals surface area contributed by atoms with Crippen LogP contribution in [0.25, 0.3) is 0 Å². The summed E-state index contributed by atoms with van der Waals surface area (Å²) >= 11 is 1.25. The molecule has 0 unspecified atom stereocenters. The molecular formula is C13H11N3O2S. The normalized spacial score (nSPS) is 24.3. The average molecular weight is 273 g/mol. The number of hydrogen-bond acceptors (Lipinski definition) is 6. The van der Waals surface area contributed by atoms with Crippen molar-refractivity contribution >= 4 is 17.8 Å². The first-order valence-electron chi connectivity index (χ1n) is 5.64. The topological polar surface area (TPSA) is 99.9 Å². The van der Waals surface area contributed by atoms with Crippen LogP contribution in [-0.2, 0) is 8.98 Å². The van der Waals surface area contributed by atoms with E-state index in [9.17, 15) is 4.79 Å². The number of Topliss-reactive ketones (excluding diaryl/α,β-unsaturated/α-hetero) is 1. The Morgan fingerprint density at radius 3 is 2.53 bits per heavy atom. The van der Waals surface area contributed by atoms with E-state index in [-0.39, 0.29) is 22.6 Å². The minimum atomic E-state index is -0.381. The van der Waals surface area contributed by atoms with Crippen LogP contribution in [-0.4, -0.2) is 18.1 Å². The lowest BCUT2D eigenvalue weighted by Crippen LogP contribution is -2.24. The molecular weight excluding hydrogens is 262 g/mol. The standard InChI is InChI=1S/C13H11N3O2S/c1-7-9(4-14)12(16)11(13(17)10(7)5-15)8-2-3-18-19-6-8/h2-3,6,16H2,1H3/b11-8-. The first-order chi connectivity index (χ1) is 9.11. The van der Waals surface area contributed by atoms with Crippen LogP contribution in [0, 0.1) is 22.7 Å². The fourth-order valence-corrected chi connectivity index (χ4v) is 2.82. The Kier molecular flexibility index (Phi) is 3.75. The fourth-order valence-electron chi connectivity index (χ4n) is 2.11. The molecule has 0 aromatic heterocycles. The van der Waals surface area contributed by atoms with Crippen molar-refractivity contribution in [2.24, 2.45) is 5.73 Å². The summed E-state index contributed by atoms with van der Waals surface area (Å²) < 4.78 is 5.16. The molecule has 0 amide bonds. The Bertz CT molecular complexity index is 621. The Balaban J connectivity index is 2.66. The lowest BCUT2D eigenvalue weighted by atomic mass is 9.84. The molecule has 2 N–H and O–H groups in total. The zero-order valence-corrected chi connectivity index (χ0v) is 11.1. The molecule has 1 saturated heterocycles. The summed E-state index contributed by atoms with van der Waals surface area (Å²) in [4.78, 5) is 12.3. The van der Waals surface area contributed by atoms with E-state index >= 15 is 0 Å². The largest absolute Gasteiger partial charge is 0.397 e. The van der Waals surface area contributed by atoms with Crippen molar-refractivity contribution in [1.29, 1.82) is 10.5 Å².